The van der Waals surface area contributed by atoms with Gasteiger partial charge in [0.25, 0.3) is 0 Å². The van der Waals surface area contributed by atoms with Crippen LogP contribution in [0.3, 0.4) is 0 Å². The minimum absolute atomic E-state index is 0.0907. The van der Waals surface area contributed by atoms with Crippen molar-refractivity contribution < 1.29 is 4.79 Å². The summed E-state index contributed by atoms with van der Waals surface area (Å²) in [5.41, 5.74) is -0.780. The normalized spacial score (nSPS) is 14.5. The number of carbonyl (C=O) groups is 1. The Kier molecular flexibility index (Phi) is 7.24. The van der Waals surface area contributed by atoms with Gasteiger partial charge in [0.1, 0.15) is 5.54 Å². The van der Waals surface area contributed by atoms with Crippen molar-refractivity contribution in [1.82, 2.24) is 10.2 Å². The maximum absolute atomic E-state index is 11.8. The van der Waals surface area contributed by atoms with Crippen LogP contribution in [0.25, 0.3) is 0 Å². The van der Waals surface area contributed by atoms with Crippen molar-refractivity contribution in [3.63, 3.8) is 0 Å². The Labute approximate surface area is 109 Å². The molecule has 1 atom stereocenters. The van der Waals surface area contributed by atoms with E-state index in [1.54, 1.807) is 18.7 Å². The van der Waals surface area contributed by atoms with Crippen LogP contribution in [0.1, 0.15) is 20.8 Å². The van der Waals surface area contributed by atoms with E-state index in [1.807, 2.05) is 32.1 Å². The lowest BCUT2D eigenvalue weighted by Crippen LogP contribution is -2.51. The van der Waals surface area contributed by atoms with Gasteiger partial charge in [0.15, 0.2) is 0 Å². The summed E-state index contributed by atoms with van der Waals surface area (Å²) in [6.07, 6.45) is 2.04. The van der Waals surface area contributed by atoms with Crippen LogP contribution < -0.4 is 5.32 Å². The van der Waals surface area contributed by atoms with Crippen LogP contribution in [0, 0.1) is 17.2 Å². The number of hydrogen-bond acceptors (Lipinski definition) is 4. The monoisotopic (exact) mass is 257 g/mol. The molecule has 0 bridgehead atoms. The topological polar surface area (TPSA) is 56.1 Å². The van der Waals surface area contributed by atoms with Crippen molar-refractivity contribution in [3.05, 3.63) is 0 Å². The zero-order valence-corrected chi connectivity index (χ0v) is 12.2. The summed E-state index contributed by atoms with van der Waals surface area (Å²) in [7, 11) is 1.91. The van der Waals surface area contributed by atoms with Crippen LogP contribution in [-0.2, 0) is 4.79 Å². The van der Waals surface area contributed by atoms with Gasteiger partial charge in [0, 0.05) is 12.3 Å². The largest absolute Gasteiger partial charge is 0.337 e. The first kappa shape index (κ1) is 16.3. The summed E-state index contributed by atoms with van der Waals surface area (Å²) in [4.78, 5) is 13.7. The number of nitrogens with one attached hydrogen (secondary N) is 1. The first-order valence-electron chi connectivity index (χ1n) is 5.75. The molecule has 17 heavy (non-hydrogen) atoms. The molecule has 0 spiro atoms. The molecule has 0 aliphatic carbocycles. The van der Waals surface area contributed by atoms with Crippen molar-refractivity contribution >= 4 is 17.7 Å². The van der Waals surface area contributed by atoms with Gasteiger partial charge in [-0.1, -0.05) is 13.8 Å². The van der Waals surface area contributed by atoms with Crippen molar-refractivity contribution in [2.24, 2.45) is 5.92 Å². The average Bonchev–Trinajstić information content (AvgIpc) is 2.25. The van der Waals surface area contributed by atoms with Crippen molar-refractivity contribution in [2.75, 3.05) is 32.1 Å². The highest BCUT2D eigenvalue weighted by atomic mass is 32.2. The summed E-state index contributed by atoms with van der Waals surface area (Å²) in [6.45, 7) is 6.84. The lowest BCUT2D eigenvalue weighted by molar-refractivity contribution is -0.123. The molecular formula is C12H23N3OS. The SMILES string of the molecule is CSCCN(C)CC(=O)N[C@@](C)(C#N)C(C)C. The van der Waals surface area contributed by atoms with Crippen LogP contribution in [0.2, 0.25) is 0 Å². The lowest BCUT2D eigenvalue weighted by atomic mass is 9.90. The highest BCUT2D eigenvalue weighted by molar-refractivity contribution is 7.98. The van der Waals surface area contributed by atoms with Gasteiger partial charge < -0.3 is 5.32 Å². The molecule has 0 saturated heterocycles. The number of rotatable bonds is 7. The number of amides is 1. The fourth-order valence-corrected chi connectivity index (χ4v) is 1.70. The molecule has 4 nitrogen and oxygen atoms in total. The molecule has 0 rings (SSSR count). The third kappa shape index (κ3) is 5.94. The van der Waals surface area contributed by atoms with Gasteiger partial charge in [-0.2, -0.15) is 17.0 Å². The minimum Gasteiger partial charge on any atom is -0.337 e. The van der Waals surface area contributed by atoms with Crippen LogP contribution in [0.4, 0.5) is 0 Å². The molecule has 0 saturated carbocycles. The smallest absolute Gasteiger partial charge is 0.235 e. The summed E-state index contributed by atoms with van der Waals surface area (Å²) in [5.74, 6) is 1.00. The predicted molar refractivity (Wildman–Crippen MR) is 72.9 cm³/mol. The molecule has 5 heteroatoms. The molecule has 0 aromatic heterocycles. The van der Waals surface area contributed by atoms with E-state index in [1.165, 1.54) is 0 Å². The van der Waals surface area contributed by atoms with Gasteiger partial charge in [0.05, 0.1) is 12.6 Å². The molecular weight excluding hydrogens is 234 g/mol. The second-order valence-electron chi connectivity index (χ2n) is 4.75. The zero-order valence-electron chi connectivity index (χ0n) is 11.4. The molecule has 0 fully saturated rings. The fourth-order valence-electron chi connectivity index (χ4n) is 1.20. The summed E-state index contributed by atoms with van der Waals surface area (Å²) in [6, 6.07) is 2.17. The summed E-state index contributed by atoms with van der Waals surface area (Å²) >= 11 is 1.75. The van der Waals surface area contributed by atoms with Gasteiger partial charge in [-0.05, 0) is 26.1 Å². The van der Waals surface area contributed by atoms with E-state index in [0.29, 0.717) is 6.54 Å². The molecule has 0 heterocycles. The van der Waals surface area contributed by atoms with Gasteiger partial charge >= 0.3 is 0 Å². The Morgan fingerprint density at radius 3 is 2.59 bits per heavy atom. The molecule has 0 aliphatic heterocycles. The first-order valence-corrected chi connectivity index (χ1v) is 7.15. The van der Waals surface area contributed by atoms with E-state index < -0.39 is 5.54 Å². The number of nitriles is 1. The predicted octanol–water partition coefficient (Wildman–Crippen LogP) is 1.34. The molecule has 1 amide bonds. The highest BCUT2D eigenvalue weighted by Crippen LogP contribution is 2.14. The number of nitrogens with zero attached hydrogens (tertiary/aromatic N) is 2. The molecule has 0 aromatic carbocycles. The molecule has 0 radical (unpaired) electrons. The quantitative estimate of drug-likeness (QED) is 0.747. The van der Waals surface area contributed by atoms with E-state index in [2.05, 4.69) is 11.4 Å². The van der Waals surface area contributed by atoms with E-state index in [-0.39, 0.29) is 11.8 Å². The maximum atomic E-state index is 11.8. The third-order valence-corrected chi connectivity index (χ3v) is 3.47. The molecule has 0 aliphatic rings. The highest BCUT2D eigenvalue weighted by Gasteiger charge is 2.29. The Hall–Kier alpha value is -0.730. The third-order valence-electron chi connectivity index (χ3n) is 2.88. The number of likely N-dealkylation sites (N-methyl/N-ethyl adjacent to an activating group) is 1. The standard InChI is InChI=1S/C12H23N3OS/c1-10(2)12(3,9-13)14-11(16)8-15(4)6-7-17-5/h10H,6-8H2,1-5H3,(H,14,16)/t12-/m0/s1. The van der Waals surface area contributed by atoms with Crippen LogP contribution in [-0.4, -0.2) is 48.5 Å². The molecule has 0 unspecified atom stereocenters. The summed E-state index contributed by atoms with van der Waals surface area (Å²) < 4.78 is 0. The van der Waals surface area contributed by atoms with Gasteiger partial charge in [0.2, 0.25) is 5.91 Å². The fraction of sp³-hybridized carbons (Fsp3) is 0.833. The van der Waals surface area contributed by atoms with Gasteiger partial charge in [-0.3, -0.25) is 9.69 Å². The van der Waals surface area contributed by atoms with E-state index in [9.17, 15) is 4.79 Å². The van der Waals surface area contributed by atoms with Gasteiger partial charge in [-0.15, -0.1) is 0 Å². The Morgan fingerprint density at radius 2 is 2.18 bits per heavy atom. The van der Waals surface area contributed by atoms with E-state index in [4.69, 9.17) is 5.26 Å². The molecule has 0 aromatic rings. The van der Waals surface area contributed by atoms with Crippen molar-refractivity contribution in [3.8, 4) is 6.07 Å². The van der Waals surface area contributed by atoms with E-state index in [0.717, 1.165) is 12.3 Å². The second kappa shape index (κ2) is 7.57. The number of carbonyl (C=O) groups excluding carboxylic acids is 1. The lowest BCUT2D eigenvalue weighted by Gasteiger charge is -2.28. The maximum Gasteiger partial charge on any atom is 0.235 e. The van der Waals surface area contributed by atoms with Gasteiger partial charge in [-0.25, -0.2) is 0 Å². The summed E-state index contributed by atoms with van der Waals surface area (Å²) in [5, 5.41) is 11.9. The zero-order chi connectivity index (χ0) is 13.5. The van der Waals surface area contributed by atoms with Crippen LogP contribution >= 0.6 is 11.8 Å². The first-order chi connectivity index (χ1) is 7.85. The second-order valence-corrected chi connectivity index (χ2v) is 5.73. The average molecular weight is 257 g/mol. The van der Waals surface area contributed by atoms with Crippen LogP contribution in [0.15, 0.2) is 0 Å². The Balaban J connectivity index is 4.22. The molecule has 98 valence electrons. The van der Waals surface area contributed by atoms with Crippen molar-refractivity contribution in [1.29, 1.82) is 5.26 Å². The number of thioether (sulfide) groups is 1. The Morgan fingerprint density at radius 1 is 1.59 bits per heavy atom. The van der Waals surface area contributed by atoms with Crippen molar-refractivity contribution in [2.45, 2.75) is 26.3 Å². The minimum atomic E-state index is -0.780. The van der Waals surface area contributed by atoms with Crippen LogP contribution in [0.5, 0.6) is 0 Å². The number of hydrogen-bond donors (Lipinski definition) is 1. The Bertz CT molecular complexity index is 288. The van der Waals surface area contributed by atoms with E-state index >= 15 is 0 Å². The molecule has 1 N–H and O–H groups in total.